The molecule has 0 saturated carbocycles. The molecule has 0 spiro atoms. The van der Waals surface area contributed by atoms with E-state index < -0.39 is 29.6 Å². The van der Waals surface area contributed by atoms with Gasteiger partial charge in [0.2, 0.25) is 11.8 Å². The highest BCUT2D eigenvalue weighted by Crippen LogP contribution is 2.34. The van der Waals surface area contributed by atoms with Gasteiger partial charge in [-0.15, -0.1) is 5.10 Å². The monoisotopic (exact) mass is 524 g/mol. The summed E-state index contributed by atoms with van der Waals surface area (Å²) in [5.74, 6) is -0.866. The first-order valence-electron chi connectivity index (χ1n) is 12.1. The molecule has 4 aromatic rings. The number of alkyl halides is 3. The molecule has 2 amide bonds. The Bertz CT molecular complexity index is 1400. The molecule has 4 rings (SSSR count). The van der Waals surface area contributed by atoms with Gasteiger partial charge in [-0.2, -0.15) is 13.2 Å². The molecule has 2 aromatic carbocycles. The van der Waals surface area contributed by atoms with Crippen molar-refractivity contribution in [3.8, 4) is 0 Å². The van der Waals surface area contributed by atoms with Crippen LogP contribution in [0, 0.1) is 5.92 Å². The Hall–Kier alpha value is -4.28. The molecule has 8 nitrogen and oxygen atoms in total. The van der Waals surface area contributed by atoms with E-state index in [2.05, 4.69) is 20.6 Å². The number of rotatable bonds is 9. The van der Waals surface area contributed by atoms with E-state index in [9.17, 15) is 22.8 Å². The van der Waals surface area contributed by atoms with Crippen molar-refractivity contribution in [3.05, 3.63) is 84.2 Å². The van der Waals surface area contributed by atoms with Crippen molar-refractivity contribution in [2.45, 2.75) is 39.0 Å². The lowest BCUT2D eigenvalue weighted by molar-refractivity contribution is -0.137. The molecule has 1 N–H and O–H groups in total. The summed E-state index contributed by atoms with van der Waals surface area (Å²) in [5, 5.41) is 10.9. The van der Waals surface area contributed by atoms with Gasteiger partial charge >= 0.3 is 6.18 Å². The van der Waals surface area contributed by atoms with Crippen LogP contribution in [0.2, 0.25) is 0 Å². The zero-order valence-electron chi connectivity index (χ0n) is 20.9. The normalized spacial score (nSPS) is 12.5. The first-order chi connectivity index (χ1) is 18.1. The predicted molar refractivity (Wildman–Crippen MR) is 136 cm³/mol. The topological polar surface area (TPSA) is 93.0 Å². The third-order valence-corrected chi connectivity index (χ3v) is 5.95. The first kappa shape index (κ1) is 26.8. The van der Waals surface area contributed by atoms with Gasteiger partial charge in [0.15, 0.2) is 0 Å². The zero-order chi connectivity index (χ0) is 27.3. The van der Waals surface area contributed by atoms with Crippen molar-refractivity contribution in [1.82, 2.24) is 25.3 Å². The maximum Gasteiger partial charge on any atom is 0.416 e. The Morgan fingerprint density at radius 3 is 2.55 bits per heavy atom. The average molecular weight is 525 g/mol. The van der Waals surface area contributed by atoms with E-state index in [-0.39, 0.29) is 12.2 Å². The second kappa shape index (κ2) is 11.4. The van der Waals surface area contributed by atoms with E-state index in [1.54, 1.807) is 36.4 Å². The number of nitrogens with zero attached hydrogens (tertiary/aromatic N) is 5. The lowest BCUT2D eigenvalue weighted by atomic mass is 10.0. The summed E-state index contributed by atoms with van der Waals surface area (Å²) >= 11 is 0. The van der Waals surface area contributed by atoms with Gasteiger partial charge in [-0.1, -0.05) is 43.3 Å². The van der Waals surface area contributed by atoms with Crippen molar-refractivity contribution >= 4 is 28.5 Å². The fourth-order valence-corrected chi connectivity index (χ4v) is 4.04. The van der Waals surface area contributed by atoms with Gasteiger partial charge in [-0.3, -0.25) is 19.5 Å². The van der Waals surface area contributed by atoms with Crippen LogP contribution in [0.3, 0.4) is 0 Å². The minimum Gasteiger partial charge on any atom is -0.354 e. The number of fused-ring (bicyclic) bond motifs is 1. The van der Waals surface area contributed by atoms with Gasteiger partial charge in [0.1, 0.15) is 18.1 Å². The first-order valence-corrected chi connectivity index (χ1v) is 12.1. The predicted octanol–water partition coefficient (Wildman–Crippen LogP) is 4.78. The summed E-state index contributed by atoms with van der Waals surface area (Å²) in [6.45, 7) is 4.00. The van der Waals surface area contributed by atoms with Gasteiger partial charge in [0.05, 0.1) is 11.1 Å². The van der Waals surface area contributed by atoms with Crippen molar-refractivity contribution in [1.29, 1.82) is 0 Å². The molecule has 198 valence electrons. The number of nitrogens with one attached hydrogen (secondary N) is 1. The number of para-hydroxylation sites is 1. The van der Waals surface area contributed by atoms with Crippen LogP contribution in [-0.4, -0.2) is 38.3 Å². The largest absolute Gasteiger partial charge is 0.416 e. The van der Waals surface area contributed by atoms with E-state index in [1.807, 2.05) is 13.8 Å². The van der Waals surface area contributed by atoms with E-state index in [0.717, 1.165) is 17.0 Å². The Kier molecular flexibility index (Phi) is 8.04. The summed E-state index contributed by atoms with van der Waals surface area (Å²) in [6, 6.07) is 13.3. The number of benzene rings is 2. The van der Waals surface area contributed by atoms with Crippen LogP contribution in [0.5, 0.6) is 0 Å². The second-order valence-electron chi connectivity index (χ2n) is 9.21. The SMILES string of the molecule is CC(C)CCNC(=O)[C@H](c1cccnc1)N(C(=O)Cn1nnc2ccccc21)c1cccc(C(F)(F)F)c1. The maximum atomic E-state index is 13.9. The number of anilines is 1. The Morgan fingerprint density at radius 1 is 1.05 bits per heavy atom. The van der Waals surface area contributed by atoms with Crippen LogP contribution in [0.15, 0.2) is 73.1 Å². The number of aromatic nitrogens is 4. The third kappa shape index (κ3) is 6.16. The Morgan fingerprint density at radius 2 is 1.84 bits per heavy atom. The molecule has 0 aliphatic heterocycles. The van der Waals surface area contributed by atoms with Crippen LogP contribution in [0.25, 0.3) is 11.0 Å². The molecular weight excluding hydrogens is 497 g/mol. The molecule has 38 heavy (non-hydrogen) atoms. The number of carbonyl (C=O) groups is 2. The summed E-state index contributed by atoms with van der Waals surface area (Å²) < 4.78 is 42.2. The second-order valence-corrected chi connectivity index (χ2v) is 9.21. The fraction of sp³-hybridized carbons (Fsp3) is 0.296. The van der Waals surface area contributed by atoms with E-state index in [0.29, 0.717) is 35.5 Å². The highest BCUT2D eigenvalue weighted by atomic mass is 19.4. The molecule has 0 aliphatic rings. The zero-order valence-corrected chi connectivity index (χ0v) is 20.9. The summed E-state index contributed by atoms with van der Waals surface area (Å²) in [4.78, 5) is 32.6. The molecule has 2 heterocycles. The van der Waals surface area contributed by atoms with Crippen LogP contribution >= 0.6 is 0 Å². The van der Waals surface area contributed by atoms with Gasteiger partial charge in [-0.05, 0) is 48.7 Å². The van der Waals surface area contributed by atoms with Crippen molar-refractivity contribution in [2.75, 3.05) is 11.4 Å². The third-order valence-electron chi connectivity index (χ3n) is 5.95. The number of hydrogen-bond donors (Lipinski definition) is 1. The van der Waals surface area contributed by atoms with Crippen molar-refractivity contribution in [3.63, 3.8) is 0 Å². The number of hydrogen-bond acceptors (Lipinski definition) is 5. The lowest BCUT2D eigenvalue weighted by Gasteiger charge is -2.32. The van der Waals surface area contributed by atoms with E-state index in [4.69, 9.17) is 0 Å². The number of amides is 2. The average Bonchev–Trinajstić information content (AvgIpc) is 3.29. The Labute approximate surface area is 217 Å². The molecule has 0 radical (unpaired) electrons. The van der Waals surface area contributed by atoms with E-state index in [1.165, 1.54) is 29.2 Å². The molecule has 1 atom stereocenters. The quantitative estimate of drug-likeness (QED) is 0.340. The number of carbonyl (C=O) groups excluding carboxylic acids is 2. The maximum absolute atomic E-state index is 13.9. The Balaban J connectivity index is 1.80. The number of halogens is 3. The smallest absolute Gasteiger partial charge is 0.354 e. The summed E-state index contributed by atoms with van der Waals surface area (Å²) in [6.07, 6.45) is -1.02. The highest BCUT2D eigenvalue weighted by Gasteiger charge is 2.36. The molecule has 0 bridgehead atoms. The highest BCUT2D eigenvalue weighted by molar-refractivity contribution is 6.01. The number of pyridine rings is 1. The van der Waals surface area contributed by atoms with E-state index >= 15 is 0 Å². The minimum absolute atomic E-state index is 0.0814. The van der Waals surface area contributed by atoms with Gasteiger partial charge in [0.25, 0.3) is 0 Å². The summed E-state index contributed by atoms with van der Waals surface area (Å²) in [5.41, 5.74) is 0.459. The van der Waals surface area contributed by atoms with Crippen LogP contribution in [0.4, 0.5) is 18.9 Å². The molecule has 11 heteroatoms. The van der Waals surface area contributed by atoms with Crippen LogP contribution in [0.1, 0.15) is 37.4 Å². The molecule has 0 fully saturated rings. The van der Waals surface area contributed by atoms with Gasteiger partial charge in [0, 0.05) is 30.2 Å². The van der Waals surface area contributed by atoms with Crippen LogP contribution in [-0.2, 0) is 22.3 Å². The van der Waals surface area contributed by atoms with Gasteiger partial charge in [-0.25, -0.2) is 4.68 Å². The fourth-order valence-electron chi connectivity index (χ4n) is 4.04. The molecule has 0 unspecified atom stereocenters. The molecule has 0 saturated heterocycles. The molecule has 0 aliphatic carbocycles. The standard InChI is InChI=1S/C27H27F3N6O2/c1-18(2)12-14-32-26(38)25(19-7-6-13-31-16-19)36(21-9-5-8-20(15-21)27(28,29)30)24(37)17-35-23-11-4-3-10-22(23)33-34-35/h3-11,13,15-16,18,25H,12,14,17H2,1-2H3,(H,32,38)/t25-/m0/s1. The van der Waals surface area contributed by atoms with Crippen molar-refractivity contribution < 1.29 is 22.8 Å². The lowest BCUT2D eigenvalue weighted by Crippen LogP contribution is -2.45. The molecule has 2 aromatic heterocycles. The summed E-state index contributed by atoms with van der Waals surface area (Å²) in [7, 11) is 0. The minimum atomic E-state index is -4.64. The van der Waals surface area contributed by atoms with Crippen molar-refractivity contribution in [2.24, 2.45) is 5.92 Å². The molecular formula is C27H27F3N6O2. The van der Waals surface area contributed by atoms with Gasteiger partial charge < -0.3 is 5.32 Å². The van der Waals surface area contributed by atoms with Crippen LogP contribution < -0.4 is 10.2 Å².